The van der Waals surface area contributed by atoms with Crippen LogP contribution in [-0.4, -0.2) is 44.7 Å². The van der Waals surface area contributed by atoms with Crippen molar-refractivity contribution in [3.8, 4) is 0 Å². The van der Waals surface area contributed by atoms with E-state index in [0.717, 1.165) is 12.8 Å². The number of rotatable bonds is 11. The highest BCUT2D eigenvalue weighted by atomic mass is 32.2. The number of nitrogens with one attached hydrogen (secondary N) is 2. The molecule has 0 saturated heterocycles. The Morgan fingerprint density at radius 3 is 2.39 bits per heavy atom. The maximum Gasteiger partial charge on any atom is 0.232 e. The van der Waals surface area contributed by atoms with Gasteiger partial charge in [0.2, 0.25) is 20.0 Å². The van der Waals surface area contributed by atoms with Crippen molar-refractivity contribution in [2.75, 3.05) is 22.8 Å². The van der Waals surface area contributed by atoms with Crippen molar-refractivity contribution in [3.05, 3.63) is 12.4 Å². The van der Waals surface area contributed by atoms with E-state index in [2.05, 4.69) is 14.5 Å². The van der Waals surface area contributed by atoms with Gasteiger partial charge in [-0.05, 0) is 38.5 Å². The fourth-order valence-corrected chi connectivity index (χ4v) is 4.41. The molecule has 1 aromatic heterocycles. The van der Waals surface area contributed by atoms with Crippen LogP contribution < -0.4 is 9.44 Å². The molecule has 0 aliphatic heterocycles. The lowest BCUT2D eigenvalue weighted by molar-refractivity contribution is 0.572. The first kappa shape index (κ1) is 18.2. The van der Waals surface area contributed by atoms with Crippen LogP contribution in [0.25, 0.3) is 0 Å². The number of aromatic nitrogens is 2. The first-order valence-corrected chi connectivity index (χ1v) is 11.1. The first-order chi connectivity index (χ1) is 10.8. The molecule has 0 unspecified atom stereocenters. The lowest BCUT2D eigenvalue weighted by atomic mass is 10.4. The van der Waals surface area contributed by atoms with E-state index in [1.54, 1.807) is 10.9 Å². The van der Waals surface area contributed by atoms with Crippen molar-refractivity contribution in [2.45, 2.75) is 39.2 Å². The van der Waals surface area contributed by atoms with Crippen LogP contribution in [0, 0.1) is 5.92 Å². The molecule has 1 aliphatic carbocycles. The molecule has 1 fully saturated rings. The van der Waals surface area contributed by atoms with E-state index < -0.39 is 20.0 Å². The fraction of sp³-hybridized carbons (Fsp3) is 0.769. The summed E-state index contributed by atoms with van der Waals surface area (Å²) in [7, 11) is -6.77. The van der Waals surface area contributed by atoms with Gasteiger partial charge >= 0.3 is 0 Å². The first-order valence-electron chi connectivity index (χ1n) is 7.80. The Bertz CT molecular complexity index is 708. The van der Waals surface area contributed by atoms with Crippen molar-refractivity contribution in [1.29, 1.82) is 0 Å². The van der Waals surface area contributed by atoms with Gasteiger partial charge < -0.3 is 0 Å². The molecule has 0 atom stereocenters. The van der Waals surface area contributed by atoms with Gasteiger partial charge in [0, 0.05) is 19.3 Å². The number of hydrogen-bond acceptors (Lipinski definition) is 5. The molecule has 0 spiro atoms. The Hall–Kier alpha value is -1.13. The number of aryl methyl sites for hydroxylation is 1. The summed E-state index contributed by atoms with van der Waals surface area (Å²) in [5.74, 6) is 0.337. The molecule has 0 aromatic carbocycles. The second kappa shape index (κ2) is 7.63. The zero-order valence-corrected chi connectivity index (χ0v) is 14.9. The second-order valence-corrected chi connectivity index (χ2v) is 9.59. The standard InChI is InChI=1S/C13H24N4O4S2/c1-2-17-11-13(10-14-17)16-23(20,21)8-4-3-7-22(18,19)15-9-12-5-6-12/h10-12,15-16H,2-9H2,1H3. The third kappa shape index (κ3) is 6.88. The highest BCUT2D eigenvalue weighted by Gasteiger charge is 2.23. The smallest absolute Gasteiger partial charge is 0.232 e. The SMILES string of the molecule is CCn1cc(NS(=O)(=O)CCCCS(=O)(=O)NCC2CC2)cn1. The summed E-state index contributed by atoms with van der Waals surface area (Å²) in [4.78, 5) is 0. The summed E-state index contributed by atoms with van der Waals surface area (Å²) in [5, 5.41) is 3.99. The maximum atomic E-state index is 11.9. The highest BCUT2D eigenvalue weighted by molar-refractivity contribution is 7.92. The summed E-state index contributed by atoms with van der Waals surface area (Å²) in [6.45, 7) is 3.07. The van der Waals surface area contributed by atoms with E-state index in [9.17, 15) is 16.8 Å². The molecule has 1 aliphatic rings. The topological polar surface area (TPSA) is 110 Å². The van der Waals surface area contributed by atoms with Gasteiger partial charge in [-0.2, -0.15) is 5.10 Å². The Morgan fingerprint density at radius 2 is 1.83 bits per heavy atom. The molecule has 1 aromatic rings. The van der Waals surface area contributed by atoms with Gasteiger partial charge in [0.05, 0.1) is 23.4 Å². The van der Waals surface area contributed by atoms with Gasteiger partial charge in [0.1, 0.15) is 0 Å². The molecule has 2 rings (SSSR count). The van der Waals surface area contributed by atoms with E-state index >= 15 is 0 Å². The fourth-order valence-electron chi connectivity index (χ4n) is 2.04. The molecule has 10 heteroatoms. The molecule has 1 heterocycles. The lowest BCUT2D eigenvalue weighted by Crippen LogP contribution is -2.28. The van der Waals surface area contributed by atoms with Gasteiger partial charge in [-0.3, -0.25) is 9.40 Å². The normalized spacial score (nSPS) is 15.7. The van der Waals surface area contributed by atoms with Crippen molar-refractivity contribution in [2.24, 2.45) is 5.92 Å². The quantitative estimate of drug-likeness (QED) is 0.563. The Balaban J connectivity index is 1.69. The van der Waals surface area contributed by atoms with E-state index in [0.29, 0.717) is 37.5 Å². The highest BCUT2D eigenvalue weighted by Crippen LogP contribution is 2.27. The van der Waals surface area contributed by atoms with Gasteiger partial charge in [-0.25, -0.2) is 21.6 Å². The average molecular weight is 364 g/mol. The van der Waals surface area contributed by atoms with Crippen molar-refractivity contribution >= 4 is 25.7 Å². The number of anilines is 1. The van der Waals surface area contributed by atoms with Gasteiger partial charge in [0.15, 0.2) is 0 Å². The minimum Gasteiger partial charge on any atom is -0.280 e. The molecule has 0 bridgehead atoms. The summed E-state index contributed by atoms with van der Waals surface area (Å²) in [5.41, 5.74) is 0.422. The third-order valence-corrected chi connectivity index (χ3v) is 6.40. The molecule has 23 heavy (non-hydrogen) atoms. The van der Waals surface area contributed by atoms with Crippen LogP contribution in [0.1, 0.15) is 32.6 Å². The average Bonchev–Trinajstić information content (AvgIpc) is 3.21. The molecule has 2 N–H and O–H groups in total. The van der Waals surface area contributed by atoms with Crippen LogP contribution in [0.5, 0.6) is 0 Å². The molecule has 0 amide bonds. The zero-order chi connectivity index (χ0) is 16.9. The molecular formula is C13H24N4O4S2. The lowest BCUT2D eigenvalue weighted by Gasteiger charge is -2.07. The summed E-state index contributed by atoms with van der Waals surface area (Å²) >= 11 is 0. The van der Waals surface area contributed by atoms with Gasteiger partial charge in [-0.15, -0.1) is 0 Å². The Morgan fingerprint density at radius 1 is 1.17 bits per heavy atom. The third-order valence-electron chi connectivity index (χ3n) is 3.60. The summed E-state index contributed by atoms with van der Waals surface area (Å²) in [6, 6.07) is 0. The van der Waals surface area contributed by atoms with Crippen LogP contribution >= 0.6 is 0 Å². The largest absolute Gasteiger partial charge is 0.280 e. The molecule has 132 valence electrons. The van der Waals surface area contributed by atoms with Gasteiger partial charge in [-0.1, -0.05) is 0 Å². The zero-order valence-electron chi connectivity index (χ0n) is 13.2. The second-order valence-electron chi connectivity index (χ2n) is 5.82. The molecule has 0 radical (unpaired) electrons. The van der Waals surface area contributed by atoms with E-state index in [4.69, 9.17) is 0 Å². The predicted octanol–water partition coefficient (Wildman–Crippen LogP) is 0.754. The Kier molecular flexibility index (Phi) is 6.04. The molecule has 1 saturated carbocycles. The van der Waals surface area contributed by atoms with E-state index in [-0.39, 0.29) is 11.5 Å². The minimum atomic E-state index is -3.48. The molecular weight excluding hydrogens is 340 g/mol. The summed E-state index contributed by atoms with van der Waals surface area (Å²) < 4.78 is 53.9. The van der Waals surface area contributed by atoms with Crippen LogP contribution in [-0.2, 0) is 26.6 Å². The Labute approximate surface area is 137 Å². The van der Waals surface area contributed by atoms with Crippen LogP contribution in [0.3, 0.4) is 0 Å². The van der Waals surface area contributed by atoms with Crippen LogP contribution in [0.15, 0.2) is 12.4 Å². The maximum absolute atomic E-state index is 11.9. The van der Waals surface area contributed by atoms with E-state index in [1.807, 2.05) is 6.92 Å². The number of unbranched alkanes of at least 4 members (excludes halogenated alkanes) is 1. The monoisotopic (exact) mass is 364 g/mol. The van der Waals surface area contributed by atoms with Gasteiger partial charge in [0.25, 0.3) is 0 Å². The minimum absolute atomic E-state index is 0.0387. The van der Waals surface area contributed by atoms with Crippen molar-refractivity contribution in [1.82, 2.24) is 14.5 Å². The number of hydrogen-bond donors (Lipinski definition) is 2. The van der Waals surface area contributed by atoms with Crippen molar-refractivity contribution in [3.63, 3.8) is 0 Å². The van der Waals surface area contributed by atoms with Crippen molar-refractivity contribution < 1.29 is 16.8 Å². The number of sulfonamides is 2. The number of nitrogens with zero attached hydrogens (tertiary/aromatic N) is 2. The molecule has 8 nitrogen and oxygen atoms in total. The van der Waals surface area contributed by atoms with E-state index in [1.165, 1.54) is 6.20 Å². The summed E-state index contributed by atoms with van der Waals surface area (Å²) in [6.07, 6.45) is 5.84. The van der Waals surface area contributed by atoms with Crippen LogP contribution in [0.2, 0.25) is 0 Å². The predicted molar refractivity (Wildman–Crippen MR) is 89.1 cm³/mol. The van der Waals surface area contributed by atoms with Crippen LogP contribution in [0.4, 0.5) is 5.69 Å².